The molecule has 2 aromatic carbocycles. The average molecular weight is 555 g/mol. The summed E-state index contributed by atoms with van der Waals surface area (Å²) in [6.45, 7) is 0.117. The highest BCUT2D eigenvalue weighted by molar-refractivity contribution is 14.1. The number of rotatable bonds is 7. The Kier molecular flexibility index (Phi) is 8.47. The molecule has 2 aromatic rings. The van der Waals surface area contributed by atoms with Crippen LogP contribution in [0.25, 0.3) is 6.08 Å². The summed E-state index contributed by atoms with van der Waals surface area (Å²) in [4.78, 5) is 23.6. The molecule has 6 nitrogen and oxygen atoms in total. The number of esters is 1. The number of ether oxygens (including phenoxy) is 2. The first-order valence-corrected chi connectivity index (χ1v) is 9.94. The number of benzene rings is 2. The summed E-state index contributed by atoms with van der Waals surface area (Å²) in [5, 5.41) is 12.1. The number of halogens is 2. The molecule has 0 unspecified atom stereocenters. The van der Waals surface area contributed by atoms with Crippen LogP contribution >= 0.6 is 38.5 Å². The molecule has 0 fully saturated rings. The normalized spacial score (nSPS) is 10.7. The third-order valence-corrected chi connectivity index (χ3v) is 4.94. The number of carbonyl (C=O) groups excluding carboxylic acids is 2. The Morgan fingerprint density at radius 1 is 1.29 bits per heavy atom. The second-order valence-electron chi connectivity index (χ2n) is 5.52. The molecule has 0 aliphatic rings. The van der Waals surface area contributed by atoms with Crippen molar-refractivity contribution in [3.8, 4) is 11.8 Å². The van der Waals surface area contributed by atoms with Crippen molar-refractivity contribution in [3.63, 3.8) is 0 Å². The minimum Gasteiger partial charge on any atom is -0.480 e. The number of nitrogens with zero attached hydrogens (tertiary/aromatic N) is 1. The van der Waals surface area contributed by atoms with Gasteiger partial charge in [0.25, 0.3) is 5.91 Å². The van der Waals surface area contributed by atoms with Crippen molar-refractivity contribution in [2.45, 2.75) is 6.54 Å². The van der Waals surface area contributed by atoms with Crippen LogP contribution < -0.4 is 10.1 Å². The molecule has 0 aliphatic heterocycles. The summed E-state index contributed by atoms with van der Waals surface area (Å²) < 4.78 is 11.3. The van der Waals surface area contributed by atoms with Gasteiger partial charge in [-0.05, 0) is 67.9 Å². The van der Waals surface area contributed by atoms with E-state index < -0.39 is 11.9 Å². The summed E-state index contributed by atoms with van der Waals surface area (Å²) in [6.07, 6.45) is 1.50. The van der Waals surface area contributed by atoms with Gasteiger partial charge >= 0.3 is 5.97 Å². The van der Waals surface area contributed by atoms with Crippen molar-refractivity contribution < 1.29 is 19.1 Å². The maximum atomic E-state index is 12.3. The molecule has 8 heteroatoms. The Morgan fingerprint density at radius 3 is 2.61 bits per heavy atom. The Bertz CT molecular complexity index is 916. The molecule has 0 heterocycles. The van der Waals surface area contributed by atoms with Crippen LogP contribution in [-0.2, 0) is 20.9 Å². The van der Waals surface area contributed by atoms with Crippen LogP contribution in [0.5, 0.6) is 5.75 Å². The van der Waals surface area contributed by atoms with E-state index in [9.17, 15) is 14.9 Å². The van der Waals surface area contributed by atoms with E-state index in [4.69, 9.17) is 4.74 Å². The molecule has 0 atom stereocenters. The largest absolute Gasteiger partial charge is 0.480 e. The molecule has 0 saturated heterocycles. The number of methoxy groups -OCH3 is 1. The van der Waals surface area contributed by atoms with Gasteiger partial charge in [0.2, 0.25) is 0 Å². The van der Waals surface area contributed by atoms with Crippen LogP contribution in [0.1, 0.15) is 11.1 Å². The number of amides is 1. The van der Waals surface area contributed by atoms with Gasteiger partial charge in [0.15, 0.2) is 6.61 Å². The minimum absolute atomic E-state index is 0.0122. The van der Waals surface area contributed by atoms with E-state index in [1.165, 1.54) is 13.2 Å². The van der Waals surface area contributed by atoms with E-state index in [-0.39, 0.29) is 12.2 Å². The van der Waals surface area contributed by atoms with Crippen molar-refractivity contribution in [2.24, 2.45) is 0 Å². The van der Waals surface area contributed by atoms with E-state index in [1.54, 1.807) is 12.1 Å². The first kappa shape index (κ1) is 21.9. The van der Waals surface area contributed by atoms with Crippen LogP contribution in [0.4, 0.5) is 0 Å². The predicted octanol–water partition coefficient (Wildman–Crippen LogP) is 3.83. The lowest BCUT2D eigenvalue weighted by atomic mass is 10.1. The van der Waals surface area contributed by atoms with Gasteiger partial charge in [0.1, 0.15) is 17.4 Å². The third kappa shape index (κ3) is 6.35. The first-order valence-electron chi connectivity index (χ1n) is 8.07. The molecule has 0 aliphatic carbocycles. The molecule has 1 N–H and O–H groups in total. The summed E-state index contributed by atoms with van der Waals surface area (Å²) >= 11 is 5.44. The van der Waals surface area contributed by atoms with Crippen LogP contribution in [0, 0.1) is 14.9 Å². The Hall–Kier alpha value is -2.38. The smallest absolute Gasteiger partial charge is 0.343 e. The van der Waals surface area contributed by atoms with Gasteiger partial charge < -0.3 is 14.8 Å². The fourth-order valence-corrected chi connectivity index (χ4v) is 3.95. The minimum atomic E-state index is -0.492. The lowest BCUT2D eigenvalue weighted by molar-refractivity contribution is -0.142. The van der Waals surface area contributed by atoms with Gasteiger partial charge in [0, 0.05) is 6.54 Å². The van der Waals surface area contributed by atoms with Crippen molar-refractivity contribution in [3.05, 3.63) is 67.2 Å². The van der Waals surface area contributed by atoms with Gasteiger partial charge in [0.05, 0.1) is 15.2 Å². The Labute approximate surface area is 184 Å². The van der Waals surface area contributed by atoms with Crippen molar-refractivity contribution in [1.29, 1.82) is 5.26 Å². The highest BCUT2D eigenvalue weighted by Crippen LogP contribution is 2.32. The number of nitrogens with one attached hydrogen (secondary N) is 1. The molecule has 0 bridgehead atoms. The summed E-state index contributed by atoms with van der Waals surface area (Å²) in [7, 11) is 1.28. The molecule has 1 amide bonds. The SMILES string of the molecule is COC(=O)COc1c(Br)cc(/C=C(/C#N)C(=O)NCc2ccccc2)cc1I. The van der Waals surface area contributed by atoms with Crippen LogP contribution in [0.3, 0.4) is 0 Å². The zero-order valence-corrected chi connectivity index (χ0v) is 18.6. The molecule has 0 spiro atoms. The van der Waals surface area contributed by atoms with E-state index in [0.717, 1.165) is 5.56 Å². The number of nitriles is 1. The van der Waals surface area contributed by atoms with Crippen molar-refractivity contribution in [1.82, 2.24) is 5.32 Å². The van der Waals surface area contributed by atoms with Gasteiger partial charge in [-0.2, -0.15) is 5.26 Å². The first-order chi connectivity index (χ1) is 13.4. The molecular formula is C20H16BrIN2O4. The average Bonchev–Trinajstić information content (AvgIpc) is 2.70. The van der Waals surface area contributed by atoms with Crippen LogP contribution in [0.15, 0.2) is 52.5 Å². The molecule has 0 radical (unpaired) electrons. The van der Waals surface area contributed by atoms with Crippen LogP contribution in [-0.4, -0.2) is 25.6 Å². The van der Waals surface area contributed by atoms with Gasteiger partial charge in [-0.1, -0.05) is 30.3 Å². The van der Waals surface area contributed by atoms with E-state index in [1.807, 2.05) is 36.4 Å². The fourth-order valence-electron chi connectivity index (χ4n) is 2.18. The zero-order valence-electron chi connectivity index (χ0n) is 14.9. The lowest BCUT2D eigenvalue weighted by Gasteiger charge is -2.10. The standard InChI is InChI=1S/C20H16BrIN2O4/c1-27-18(25)12-28-19-16(21)8-14(9-17(19)22)7-15(10-23)20(26)24-11-13-5-3-2-4-6-13/h2-9H,11-12H2,1H3,(H,24,26)/b15-7-. The quantitative estimate of drug-likeness (QED) is 0.243. The fraction of sp³-hybridized carbons (Fsp3) is 0.150. The summed E-state index contributed by atoms with van der Waals surface area (Å²) in [6, 6.07) is 14.8. The number of hydrogen-bond donors (Lipinski definition) is 1. The van der Waals surface area contributed by atoms with Gasteiger partial charge in [-0.15, -0.1) is 0 Å². The molecular weight excluding hydrogens is 539 g/mol. The maximum absolute atomic E-state index is 12.3. The van der Waals surface area contributed by atoms with Crippen molar-refractivity contribution in [2.75, 3.05) is 13.7 Å². The summed E-state index contributed by atoms with van der Waals surface area (Å²) in [5.41, 5.74) is 1.58. The second-order valence-corrected chi connectivity index (χ2v) is 7.53. The number of carbonyl (C=O) groups is 2. The predicted molar refractivity (Wildman–Crippen MR) is 116 cm³/mol. The second kappa shape index (κ2) is 10.8. The van der Waals surface area contributed by atoms with Gasteiger partial charge in [-0.25, -0.2) is 4.79 Å². The topological polar surface area (TPSA) is 88.4 Å². The maximum Gasteiger partial charge on any atom is 0.343 e. The Balaban J connectivity index is 2.13. The lowest BCUT2D eigenvalue weighted by Crippen LogP contribution is -2.23. The van der Waals surface area contributed by atoms with E-state index in [0.29, 0.717) is 25.9 Å². The zero-order chi connectivity index (χ0) is 20.5. The Morgan fingerprint density at radius 2 is 2.00 bits per heavy atom. The monoisotopic (exact) mass is 554 g/mol. The molecule has 28 heavy (non-hydrogen) atoms. The highest BCUT2D eigenvalue weighted by atomic mass is 127. The van der Waals surface area contributed by atoms with Crippen molar-refractivity contribution >= 4 is 56.5 Å². The number of hydrogen-bond acceptors (Lipinski definition) is 5. The molecule has 144 valence electrons. The highest BCUT2D eigenvalue weighted by Gasteiger charge is 2.13. The van der Waals surface area contributed by atoms with E-state index in [2.05, 4.69) is 48.6 Å². The molecule has 2 rings (SSSR count). The third-order valence-electron chi connectivity index (χ3n) is 3.55. The van der Waals surface area contributed by atoms with E-state index >= 15 is 0 Å². The molecule has 0 aromatic heterocycles. The molecule has 0 saturated carbocycles. The van der Waals surface area contributed by atoms with Gasteiger partial charge in [-0.3, -0.25) is 4.79 Å². The van der Waals surface area contributed by atoms with Crippen LogP contribution in [0.2, 0.25) is 0 Å². The summed E-state index contributed by atoms with van der Waals surface area (Å²) in [5.74, 6) is -0.466.